The van der Waals surface area contributed by atoms with Gasteiger partial charge >= 0.3 is 0 Å². The van der Waals surface area contributed by atoms with Gasteiger partial charge in [-0.2, -0.15) is 0 Å². The lowest BCUT2D eigenvalue weighted by Gasteiger charge is -2.32. The molecule has 60 heavy (non-hydrogen) atoms. The fourth-order valence-corrected chi connectivity index (χ4v) is 10.9. The molecule has 286 valence electrons. The highest BCUT2D eigenvalue weighted by Crippen LogP contribution is 2.56. The van der Waals surface area contributed by atoms with Crippen molar-refractivity contribution in [2.45, 2.75) is 38.5 Å². The van der Waals surface area contributed by atoms with Crippen LogP contribution in [0.3, 0.4) is 0 Å². The summed E-state index contributed by atoms with van der Waals surface area (Å²) in [5.41, 5.74) is 19.7. The zero-order chi connectivity index (χ0) is 40.3. The number of anilines is 3. The van der Waals surface area contributed by atoms with Crippen molar-refractivity contribution in [2.75, 3.05) is 4.90 Å². The molecule has 0 spiro atoms. The minimum atomic E-state index is -0.158. The second-order valence-corrected chi connectivity index (χ2v) is 17.7. The smallest absolute Gasteiger partial charge is 0.0709 e. The molecule has 0 amide bonds. The van der Waals surface area contributed by atoms with E-state index in [9.17, 15) is 0 Å². The van der Waals surface area contributed by atoms with E-state index in [2.05, 4.69) is 231 Å². The summed E-state index contributed by atoms with van der Waals surface area (Å²) in [5.74, 6) is 0. The number of aromatic nitrogens is 1. The van der Waals surface area contributed by atoms with E-state index in [-0.39, 0.29) is 10.8 Å². The van der Waals surface area contributed by atoms with Crippen molar-refractivity contribution in [2.24, 2.45) is 0 Å². The molecule has 0 unspecified atom stereocenters. The molecule has 2 nitrogen and oxygen atoms in total. The van der Waals surface area contributed by atoms with Gasteiger partial charge in [-0.3, -0.25) is 0 Å². The van der Waals surface area contributed by atoms with Crippen molar-refractivity contribution in [1.82, 2.24) is 4.57 Å². The predicted molar refractivity (Wildman–Crippen MR) is 254 cm³/mol. The zero-order valence-electron chi connectivity index (χ0n) is 34.4. The molecule has 9 aromatic carbocycles. The van der Waals surface area contributed by atoms with E-state index in [0.717, 1.165) is 17.1 Å². The van der Waals surface area contributed by atoms with Gasteiger partial charge in [0.05, 0.1) is 28.1 Å². The van der Waals surface area contributed by atoms with Crippen LogP contribution in [0.4, 0.5) is 17.1 Å². The van der Waals surface area contributed by atoms with E-state index in [4.69, 9.17) is 0 Å². The fraction of sp³-hybridized carbons (Fsp3) is 0.103. The minimum Gasteiger partial charge on any atom is -0.308 e. The van der Waals surface area contributed by atoms with Gasteiger partial charge in [-0.15, -0.1) is 0 Å². The van der Waals surface area contributed by atoms with Crippen LogP contribution in [0.1, 0.15) is 49.9 Å². The van der Waals surface area contributed by atoms with Crippen LogP contribution in [-0.2, 0) is 10.8 Å². The standard InChI is InChI=1S/C58H44N2/c1-57(2)48-26-12-8-23-46(48)56-49(57)27-16-30-54(56)59(39-32-33-43-42-20-7-11-25-47(42)58(3,4)50(43)36-39)53-34-31-38(41-24-15-18-37-17-5-6-19-40(37)41)35-55(53)60-51-28-13-9-21-44(51)45-22-10-14-29-52(45)60/h5-36H,1-4H3. The normalized spacial score (nSPS) is 14.3. The Morgan fingerprint density at radius 3 is 1.70 bits per heavy atom. The first-order valence-corrected chi connectivity index (χ1v) is 21.2. The topological polar surface area (TPSA) is 8.17 Å². The summed E-state index contributed by atoms with van der Waals surface area (Å²) in [6.45, 7) is 9.52. The van der Waals surface area contributed by atoms with E-state index < -0.39 is 0 Å². The molecule has 2 aliphatic rings. The molecule has 2 heteroatoms. The summed E-state index contributed by atoms with van der Waals surface area (Å²) < 4.78 is 2.51. The van der Waals surface area contributed by atoms with Crippen LogP contribution in [-0.4, -0.2) is 4.57 Å². The van der Waals surface area contributed by atoms with E-state index in [1.54, 1.807) is 0 Å². The Bertz CT molecular complexity index is 3340. The zero-order valence-corrected chi connectivity index (χ0v) is 34.4. The molecule has 0 bridgehead atoms. The van der Waals surface area contributed by atoms with Crippen LogP contribution in [0, 0.1) is 0 Å². The Hall–Kier alpha value is -7.16. The number of hydrogen-bond donors (Lipinski definition) is 0. The highest BCUT2D eigenvalue weighted by atomic mass is 15.2. The minimum absolute atomic E-state index is 0.150. The SMILES string of the molecule is CC1(C)c2ccccc2-c2ccc(N(c3ccc(-c4cccc5ccccc45)cc3-n3c4ccccc4c4ccccc43)c3cccc4c3-c3ccccc3C4(C)C)cc21. The Morgan fingerprint density at radius 2 is 0.933 bits per heavy atom. The largest absolute Gasteiger partial charge is 0.308 e. The van der Waals surface area contributed by atoms with E-state index >= 15 is 0 Å². The molecule has 12 rings (SSSR count). The summed E-state index contributed by atoms with van der Waals surface area (Å²) in [6.07, 6.45) is 0. The highest BCUT2D eigenvalue weighted by Gasteiger charge is 2.39. The van der Waals surface area contributed by atoms with Crippen LogP contribution >= 0.6 is 0 Å². The monoisotopic (exact) mass is 768 g/mol. The molecule has 0 radical (unpaired) electrons. The Labute approximate surface area is 351 Å². The summed E-state index contributed by atoms with van der Waals surface area (Å²) in [7, 11) is 0. The maximum Gasteiger partial charge on any atom is 0.0709 e. The van der Waals surface area contributed by atoms with Crippen LogP contribution in [0.5, 0.6) is 0 Å². The molecule has 10 aromatic rings. The molecule has 0 atom stereocenters. The van der Waals surface area contributed by atoms with E-state index in [1.165, 1.54) is 93.9 Å². The maximum atomic E-state index is 2.57. The third-order valence-electron chi connectivity index (χ3n) is 13.8. The molecule has 0 saturated heterocycles. The molecule has 2 aliphatic carbocycles. The third kappa shape index (κ3) is 4.82. The van der Waals surface area contributed by atoms with Crippen molar-refractivity contribution in [3.8, 4) is 39.1 Å². The quantitative estimate of drug-likeness (QED) is 0.169. The van der Waals surface area contributed by atoms with Crippen LogP contribution in [0.2, 0.25) is 0 Å². The predicted octanol–water partition coefficient (Wildman–Crippen LogP) is 15.7. The van der Waals surface area contributed by atoms with Gasteiger partial charge in [0.2, 0.25) is 0 Å². The second kappa shape index (κ2) is 12.7. The lowest BCUT2D eigenvalue weighted by molar-refractivity contribution is 0.660. The lowest BCUT2D eigenvalue weighted by atomic mass is 9.82. The molecule has 1 aromatic heterocycles. The molecular weight excluding hydrogens is 725 g/mol. The number of para-hydroxylation sites is 2. The Morgan fingerprint density at radius 1 is 0.383 bits per heavy atom. The first-order chi connectivity index (χ1) is 29.3. The third-order valence-corrected chi connectivity index (χ3v) is 13.8. The number of benzene rings is 9. The Kier molecular flexibility index (Phi) is 7.36. The number of nitrogens with zero attached hydrogens (tertiary/aromatic N) is 2. The molecule has 0 aliphatic heterocycles. The van der Waals surface area contributed by atoms with Crippen LogP contribution in [0.25, 0.3) is 71.6 Å². The van der Waals surface area contributed by atoms with E-state index in [0.29, 0.717) is 0 Å². The van der Waals surface area contributed by atoms with Crippen LogP contribution in [0.15, 0.2) is 194 Å². The van der Waals surface area contributed by atoms with Gasteiger partial charge in [-0.25, -0.2) is 0 Å². The summed E-state index contributed by atoms with van der Waals surface area (Å²) in [6, 6.07) is 72.5. The van der Waals surface area contributed by atoms with Gasteiger partial charge < -0.3 is 9.47 Å². The highest BCUT2D eigenvalue weighted by molar-refractivity contribution is 6.10. The van der Waals surface area contributed by atoms with E-state index in [1.807, 2.05) is 0 Å². The second-order valence-electron chi connectivity index (χ2n) is 17.7. The van der Waals surface area contributed by atoms with Gasteiger partial charge in [0.1, 0.15) is 0 Å². The summed E-state index contributed by atoms with van der Waals surface area (Å²) >= 11 is 0. The fourth-order valence-electron chi connectivity index (χ4n) is 10.9. The van der Waals surface area contributed by atoms with Crippen molar-refractivity contribution in [3.05, 3.63) is 216 Å². The van der Waals surface area contributed by atoms with Gasteiger partial charge in [-0.05, 0) is 103 Å². The average molecular weight is 769 g/mol. The molecule has 0 saturated carbocycles. The maximum absolute atomic E-state index is 2.57. The molecule has 0 fully saturated rings. The van der Waals surface area contributed by atoms with Gasteiger partial charge in [-0.1, -0.05) is 179 Å². The number of rotatable bonds is 5. The summed E-state index contributed by atoms with van der Waals surface area (Å²) in [5, 5.41) is 4.98. The van der Waals surface area contributed by atoms with Gasteiger partial charge in [0, 0.05) is 32.9 Å². The van der Waals surface area contributed by atoms with Gasteiger partial charge in [0.25, 0.3) is 0 Å². The van der Waals surface area contributed by atoms with Crippen molar-refractivity contribution in [1.29, 1.82) is 0 Å². The van der Waals surface area contributed by atoms with Gasteiger partial charge in [0.15, 0.2) is 0 Å². The van der Waals surface area contributed by atoms with Crippen molar-refractivity contribution in [3.63, 3.8) is 0 Å². The lowest BCUT2D eigenvalue weighted by Crippen LogP contribution is -2.18. The number of fused-ring (bicyclic) bond motifs is 10. The van der Waals surface area contributed by atoms with Crippen molar-refractivity contribution >= 4 is 49.6 Å². The summed E-state index contributed by atoms with van der Waals surface area (Å²) in [4.78, 5) is 2.57. The first-order valence-electron chi connectivity index (χ1n) is 21.2. The van der Waals surface area contributed by atoms with Crippen LogP contribution < -0.4 is 4.90 Å². The molecule has 0 N–H and O–H groups in total. The Balaban J connectivity index is 1.21. The average Bonchev–Trinajstić information content (AvgIpc) is 3.84. The van der Waals surface area contributed by atoms with Crippen molar-refractivity contribution < 1.29 is 0 Å². The molecular formula is C58H44N2. The molecule has 1 heterocycles. The first kappa shape index (κ1) is 34.8. The number of hydrogen-bond acceptors (Lipinski definition) is 1.